The highest BCUT2D eigenvalue weighted by molar-refractivity contribution is 5.25. The van der Waals surface area contributed by atoms with E-state index < -0.39 is 0 Å². The van der Waals surface area contributed by atoms with Crippen molar-refractivity contribution in [3.63, 3.8) is 0 Å². The molecule has 0 radical (unpaired) electrons. The SMILES string of the molecule is COc1cncc(C(C)CC(C)N)c1. The maximum atomic E-state index is 5.75. The van der Waals surface area contributed by atoms with Crippen LogP contribution in [0.25, 0.3) is 0 Å². The second-order valence-corrected chi connectivity index (χ2v) is 3.77. The van der Waals surface area contributed by atoms with E-state index in [0.717, 1.165) is 12.2 Å². The molecule has 0 amide bonds. The Bertz CT molecular complexity index is 286. The molecule has 0 aromatic carbocycles. The highest BCUT2D eigenvalue weighted by Crippen LogP contribution is 2.22. The lowest BCUT2D eigenvalue weighted by atomic mass is 9.96. The highest BCUT2D eigenvalue weighted by Gasteiger charge is 2.09. The summed E-state index contributed by atoms with van der Waals surface area (Å²) in [6.45, 7) is 4.17. The number of aromatic nitrogens is 1. The van der Waals surface area contributed by atoms with Gasteiger partial charge in [-0.3, -0.25) is 4.98 Å². The predicted molar refractivity (Wildman–Crippen MR) is 57.5 cm³/mol. The lowest BCUT2D eigenvalue weighted by Crippen LogP contribution is -2.17. The number of hydrogen-bond donors (Lipinski definition) is 1. The number of pyridine rings is 1. The first kappa shape index (κ1) is 11.0. The number of nitrogens with zero attached hydrogens (tertiary/aromatic N) is 1. The maximum Gasteiger partial charge on any atom is 0.137 e. The fourth-order valence-electron chi connectivity index (χ4n) is 1.51. The molecular weight excluding hydrogens is 176 g/mol. The second-order valence-electron chi connectivity index (χ2n) is 3.77. The molecule has 14 heavy (non-hydrogen) atoms. The molecule has 3 nitrogen and oxygen atoms in total. The van der Waals surface area contributed by atoms with Crippen molar-refractivity contribution in [2.45, 2.75) is 32.2 Å². The molecular formula is C11H18N2O. The Kier molecular flexibility index (Phi) is 3.89. The number of nitrogens with two attached hydrogens (primary N) is 1. The highest BCUT2D eigenvalue weighted by atomic mass is 16.5. The molecule has 1 aromatic rings. The first-order valence-electron chi connectivity index (χ1n) is 4.88. The van der Waals surface area contributed by atoms with E-state index in [-0.39, 0.29) is 6.04 Å². The largest absolute Gasteiger partial charge is 0.495 e. The third-order valence-corrected chi connectivity index (χ3v) is 2.26. The van der Waals surface area contributed by atoms with Crippen LogP contribution in [0.3, 0.4) is 0 Å². The second kappa shape index (κ2) is 4.96. The van der Waals surface area contributed by atoms with Gasteiger partial charge in [0.25, 0.3) is 0 Å². The zero-order chi connectivity index (χ0) is 10.6. The Morgan fingerprint density at radius 1 is 1.43 bits per heavy atom. The van der Waals surface area contributed by atoms with Gasteiger partial charge in [-0.2, -0.15) is 0 Å². The van der Waals surface area contributed by atoms with Crippen molar-refractivity contribution < 1.29 is 4.74 Å². The van der Waals surface area contributed by atoms with Gasteiger partial charge >= 0.3 is 0 Å². The number of ether oxygens (including phenoxy) is 1. The van der Waals surface area contributed by atoms with E-state index in [4.69, 9.17) is 10.5 Å². The van der Waals surface area contributed by atoms with Gasteiger partial charge in [-0.05, 0) is 30.9 Å². The zero-order valence-corrected chi connectivity index (χ0v) is 9.03. The first-order chi connectivity index (χ1) is 6.63. The summed E-state index contributed by atoms with van der Waals surface area (Å²) >= 11 is 0. The van der Waals surface area contributed by atoms with Crippen LogP contribution in [0.1, 0.15) is 31.7 Å². The molecule has 0 saturated heterocycles. The molecule has 1 rings (SSSR count). The molecule has 0 spiro atoms. The zero-order valence-electron chi connectivity index (χ0n) is 9.03. The Labute approximate surface area is 85.3 Å². The Morgan fingerprint density at radius 2 is 2.14 bits per heavy atom. The molecule has 1 heterocycles. The average molecular weight is 194 g/mol. The van der Waals surface area contributed by atoms with Gasteiger partial charge in [0.15, 0.2) is 0 Å². The monoisotopic (exact) mass is 194 g/mol. The molecule has 0 aliphatic carbocycles. The third-order valence-electron chi connectivity index (χ3n) is 2.26. The maximum absolute atomic E-state index is 5.75. The van der Waals surface area contributed by atoms with Gasteiger partial charge in [0.05, 0.1) is 13.3 Å². The minimum atomic E-state index is 0.219. The van der Waals surface area contributed by atoms with E-state index >= 15 is 0 Å². The summed E-state index contributed by atoms with van der Waals surface area (Å²) < 4.78 is 5.12. The molecule has 1 aromatic heterocycles. The van der Waals surface area contributed by atoms with Crippen molar-refractivity contribution in [2.24, 2.45) is 5.73 Å². The minimum Gasteiger partial charge on any atom is -0.495 e. The van der Waals surface area contributed by atoms with Gasteiger partial charge in [0.1, 0.15) is 5.75 Å². The summed E-state index contributed by atoms with van der Waals surface area (Å²) in [6, 6.07) is 2.23. The average Bonchev–Trinajstić information content (AvgIpc) is 2.17. The molecule has 3 heteroatoms. The van der Waals surface area contributed by atoms with Gasteiger partial charge in [-0.25, -0.2) is 0 Å². The van der Waals surface area contributed by atoms with Crippen molar-refractivity contribution in [2.75, 3.05) is 7.11 Å². The molecule has 2 unspecified atom stereocenters. The van der Waals surface area contributed by atoms with Crippen LogP contribution in [0.15, 0.2) is 18.5 Å². The molecule has 0 bridgehead atoms. The molecule has 78 valence electrons. The van der Waals surface area contributed by atoms with Crippen LogP contribution < -0.4 is 10.5 Å². The topological polar surface area (TPSA) is 48.1 Å². The fraction of sp³-hybridized carbons (Fsp3) is 0.545. The van der Waals surface area contributed by atoms with E-state index in [1.165, 1.54) is 5.56 Å². The van der Waals surface area contributed by atoms with Crippen molar-refractivity contribution in [3.05, 3.63) is 24.0 Å². The van der Waals surface area contributed by atoms with E-state index in [9.17, 15) is 0 Å². The summed E-state index contributed by atoms with van der Waals surface area (Å²) in [5.41, 5.74) is 6.93. The first-order valence-corrected chi connectivity index (χ1v) is 4.88. The fourth-order valence-corrected chi connectivity index (χ4v) is 1.51. The number of hydrogen-bond acceptors (Lipinski definition) is 3. The van der Waals surface area contributed by atoms with Crippen LogP contribution in [0, 0.1) is 0 Å². The molecule has 0 aliphatic rings. The lowest BCUT2D eigenvalue weighted by Gasteiger charge is -2.14. The molecule has 2 N–H and O–H groups in total. The van der Waals surface area contributed by atoms with Gasteiger partial charge < -0.3 is 10.5 Å². The summed E-state index contributed by atoms with van der Waals surface area (Å²) in [6.07, 6.45) is 4.55. The van der Waals surface area contributed by atoms with Gasteiger partial charge in [-0.15, -0.1) is 0 Å². The summed E-state index contributed by atoms with van der Waals surface area (Å²) in [4.78, 5) is 4.12. The Morgan fingerprint density at radius 3 is 2.71 bits per heavy atom. The quantitative estimate of drug-likeness (QED) is 0.796. The molecule has 0 aliphatic heterocycles. The Hall–Kier alpha value is -1.09. The minimum absolute atomic E-state index is 0.219. The van der Waals surface area contributed by atoms with E-state index in [2.05, 4.69) is 11.9 Å². The van der Waals surface area contributed by atoms with Crippen LogP contribution in [0.2, 0.25) is 0 Å². The van der Waals surface area contributed by atoms with Gasteiger partial charge in [0.2, 0.25) is 0 Å². The lowest BCUT2D eigenvalue weighted by molar-refractivity contribution is 0.411. The van der Waals surface area contributed by atoms with Crippen molar-refractivity contribution in [1.29, 1.82) is 0 Å². The molecule has 2 atom stereocenters. The van der Waals surface area contributed by atoms with Gasteiger partial charge in [-0.1, -0.05) is 6.92 Å². The normalized spacial score (nSPS) is 14.9. The smallest absolute Gasteiger partial charge is 0.137 e. The summed E-state index contributed by atoms with van der Waals surface area (Å²) in [5.74, 6) is 1.23. The Balaban J connectivity index is 2.73. The summed E-state index contributed by atoms with van der Waals surface area (Å²) in [5, 5.41) is 0. The van der Waals surface area contributed by atoms with Crippen LogP contribution in [0.5, 0.6) is 5.75 Å². The third kappa shape index (κ3) is 3.00. The van der Waals surface area contributed by atoms with Crippen LogP contribution in [-0.2, 0) is 0 Å². The van der Waals surface area contributed by atoms with E-state index in [1.807, 2.05) is 19.2 Å². The van der Waals surface area contributed by atoms with Crippen molar-refractivity contribution >= 4 is 0 Å². The van der Waals surface area contributed by atoms with Gasteiger partial charge in [0, 0.05) is 12.2 Å². The standard InChI is InChI=1S/C11H18N2O/c1-8(4-9(2)12)10-5-11(14-3)7-13-6-10/h5-9H,4,12H2,1-3H3. The van der Waals surface area contributed by atoms with E-state index in [1.54, 1.807) is 13.3 Å². The number of methoxy groups -OCH3 is 1. The van der Waals surface area contributed by atoms with Crippen LogP contribution in [0.4, 0.5) is 0 Å². The molecule has 0 fully saturated rings. The predicted octanol–water partition coefficient (Wildman–Crippen LogP) is 1.93. The van der Waals surface area contributed by atoms with Crippen molar-refractivity contribution in [1.82, 2.24) is 4.98 Å². The van der Waals surface area contributed by atoms with Crippen molar-refractivity contribution in [3.8, 4) is 5.75 Å². The van der Waals surface area contributed by atoms with Crippen LogP contribution in [-0.4, -0.2) is 18.1 Å². The van der Waals surface area contributed by atoms with Crippen LogP contribution >= 0.6 is 0 Å². The van der Waals surface area contributed by atoms with E-state index in [0.29, 0.717) is 5.92 Å². The molecule has 0 saturated carbocycles. The number of rotatable bonds is 4. The summed E-state index contributed by atoms with van der Waals surface area (Å²) in [7, 11) is 1.65.